The molecule has 1 aromatic carbocycles. The van der Waals surface area contributed by atoms with Crippen LogP contribution in [-0.4, -0.2) is 90.2 Å². The van der Waals surface area contributed by atoms with Gasteiger partial charge in [-0.15, -0.1) is 0 Å². The molecule has 2 aliphatic rings. The maximum absolute atomic E-state index is 13.7. The van der Waals surface area contributed by atoms with Gasteiger partial charge in [0.1, 0.15) is 5.82 Å². The van der Waals surface area contributed by atoms with Gasteiger partial charge in [0.05, 0.1) is 0 Å². The number of rotatable bonds is 4. The van der Waals surface area contributed by atoms with E-state index in [2.05, 4.69) is 16.8 Å². The number of likely N-dealkylation sites (tertiary alicyclic amines) is 2. The molecular formula is C21H27F7N2O5. The van der Waals surface area contributed by atoms with Crippen LogP contribution in [0.5, 0.6) is 0 Å². The first-order chi connectivity index (χ1) is 16.0. The smallest absolute Gasteiger partial charge is 0.475 e. The Morgan fingerprint density at radius 2 is 1.54 bits per heavy atom. The van der Waals surface area contributed by atoms with Gasteiger partial charge in [0.25, 0.3) is 0 Å². The second-order valence-electron chi connectivity index (χ2n) is 8.30. The van der Waals surface area contributed by atoms with Gasteiger partial charge in [-0.3, -0.25) is 9.80 Å². The normalized spacial score (nSPS) is 20.1. The fraction of sp³-hybridized carbons (Fsp3) is 0.619. The molecule has 35 heavy (non-hydrogen) atoms. The largest absolute Gasteiger partial charge is 0.490 e. The minimum absolute atomic E-state index is 0.0901. The molecule has 2 N–H and O–H groups in total. The van der Waals surface area contributed by atoms with Crippen molar-refractivity contribution in [3.63, 3.8) is 0 Å². The van der Waals surface area contributed by atoms with E-state index in [4.69, 9.17) is 24.5 Å². The van der Waals surface area contributed by atoms with Crippen LogP contribution in [0.4, 0.5) is 30.7 Å². The highest BCUT2D eigenvalue weighted by Crippen LogP contribution is 2.39. The van der Waals surface area contributed by atoms with Gasteiger partial charge < -0.3 is 14.9 Å². The maximum atomic E-state index is 13.7. The van der Waals surface area contributed by atoms with Gasteiger partial charge in [0.15, 0.2) is 0 Å². The SMILES string of the molecule is COCC1CCN(C)C2(C1)CN(Cc1ccccc1F)C2.O=C(O)C(F)(F)F.O=C(O)C(F)(F)F. The number of nitrogens with zero attached hydrogens (tertiary/aromatic N) is 2. The van der Waals surface area contributed by atoms with E-state index in [1.54, 1.807) is 19.2 Å². The minimum atomic E-state index is -5.08. The number of ether oxygens (including phenoxy) is 1. The van der Waals surface area contributed by atoms with Crippen LogP contribution in [0.2, 0.25) is 0 Å². The molecule has 0 aromatic heterocycles. The monoisotopic (exact) mass is 520 g/mol. The number of halogens is 7. The van der Waals surface area contributed by atoms with Crippen LogP contribution in [0.15, 0.2) is 24.3 Å². The summed E-state index contributed by atoms with van der Waals surface area (Å²) in [6.07, 6.45) is -7.75. The van der Waals surface area contributed by atoms with Gasteiger partial charge in [-0.25, -0.2) is 14.0 Å². The summed E-state index contributed by atoms with van der Waals surface area (Å²) in [6.45, 7) is 4.80. The van der Waals surface area contributed by atoms with Crippen LogP contribution in [-0.2, 0) is 20.9 Å². The van der Waals surface area contributed by atoms with E-state index in [9.17, 15) is 30.7 Å². The van der Waals surface area contributed by atoms with Crippen LogP contribution < -0.4 is 0 Å². The molecule has 2 saturated heterocycles. The lowest BCUT2D eigenvalue weighted by atomic mass is 9.75. The number of hydrogen-bond acceptors (Lipinski definition) is 5. The molecule has 2 fully saturated rings. The van der Waals surface area contributed by atoms with Gasteiger partial charge in [0.2, 0.25) is 0 Å². The summed E-state index contributed by atoms with van der Waals surface area (Å²) in [5.41, 5.74) is 1.09. The average Bonchev–Trinajstić information content (AvgIpc) is 2.70. The number of methoxy groups -OCH3 is 1. The Kier molecular flexibility index (Phi) is 10.9. The molecule has 1 aromatic rings. The number of alkyl halides is 6. The molecule has 0 aliphatic carbocycles. The van der Waals surface area contributed by atoms with E-state index in [1.807, 2.05) is 12.1 Å². The second kappa shape index (κ2) is 12.5. The molecule has 200 valence electrons. The summed E-state index contributed by atoms with van der Waals surface area (Å²) in [5, 5.41) is 14.2. The van der Waals surface area contributed by atoms with Crippen molar-refractivity contribution >= 4 is 11.9 Å². The third-order valence-electron chi connectivity index (χ3n) is 5.63. The Balaban J connectivity index is 0.000000362. The second-order valence-corrected chi connectivity index (χ2v) is 8.30. The summed E-state index contributed by atoms with van der Waals surface area (Å²) in [5.74, 6) is -4.94. The van der Waals surface area contributed by atoms with E-state index in [0.29, 0.717) is 5.92 Å². The molecule has 2 aliphatic heterocycles. The maximum Gasteiger partial charge on any atom is 0.490 e. The summed E-state index contributed by atoms with van der Waals surface area (Å²) in [4.78, 5) is 22.6. The van der Waals surface area contributed by atoms with Gasteiger partial charge in [-0.2, -0.15) is 26.3 Å². The number of carboxylic acids is 2. The quantitative estimate of drug-likeness (QED) is 0.586. The van der Waals surface area contributed by atoms with Crippen molar-refractivity contribution < 1.29 is 55.3 Å². The van der Waals surface area contributed by atoms with Crippen LogP contribution in [0.25, 0.3) is 0 Å². The van der Waals surface area contributed by atoms with Crippen molar-refractivity contribution in [2.45, 2.75) is 37.3 Å². The van der Waals surface area contributed by atoms with Crippen molar-refractivity contribution in [3.05, 3.63) is 35.6 Å². The van der Waals surface area contributed by atoms with Crippen LogP contribution in [0.3, 0.4) is 0 Å². The Bertz CT molecular complexity index is 818. The molecule has 14 heteroatoms. The summed E-state index contributed by atoms with van der Waals surface area (Å²) >= 11 is 0. The lowest BCUT2D eigenvalue weighted by molar-refractivity contribution is -0.193. The Morgan fingerprint density at radius 1 is 1.06 bits per heavy atom. The van der Waals surface area contributed by atoms with E-state index in [-0.39, 0.29) is 11.4 Å². The van der Waals surface area contributed by atoms with Gasteiger partial charge in [-0.05, 0) is 38.4 Å². The summed E-state index contributed by atoms with van der Waals surface area (Å²) < 4.78 is 82.5. The van der Waals surface area contributed by atoms with E-state index in [0.717, 1.165) is 38.3 Å². The van der Waals surface area contributed by atoms with Crippen LogP contribution >= 0.6 is 0 Å². The summed E-state index contributed by atoms with van der Waals surface area (Å²) in [7, 11) is 4.01. The standard InChI is InChI=1S/C17H25FN2O.2C2HF3O2/c1-19-8-7-14(11-21-2)9-17(19)12-20(13-17)10-15-5-3-4-6-16(15)18;2*3-2(4,5)1(6)7/h3-6,14H,7-13H2,1-2H3;2*(H,6,7). The summed E-state index contributed by atoms with van der Waals surface area (Å²) in [6, 6.07) is 7.10. The van der Waals surface area contributed by atoms with E-state index < -0.39 is 24.3 Å². The van der Waals surface area contributed by atoms with Gasteiger partial charge >= 0.3 is 24.3 Å². The molecule has 1 atom stereocenters. The average molecular weight is 520 g/mol. The third kappa shape index (κ3) is 9.61. The number of benzene rings is 1. The molecule has 0 saturated carbocycles. The lowest BCUT2D eigenvalue weighted by Gasteiger charge is -2.58. The zero-order valence-corrected chi connectivity index (χ0v) is 19.0. The number of aliphatic carboxylic acids is 2. The lowest BCUT2D eigenvalue weighted by Crippen LogP contribution is -2.71. The van der Waals surface area contributed by atoms with Crippen molar-refractivity contribution in [2.24, 2.45) is 5.92 Å². The first kappa shape index (κ1) is 30.6. The van der Waals surface area contributed by atoms with Crippen LogP contribution in [0.1, 0.15) is 18.4 Å². The molecule has 0 radical (unpaired) electrons. The Morgan fingerprint density at radius 3 is 1.97 bits per heavy atom. The number of likely N-dealkylation sites (N-methyl/N-ethyl adjacent to an activating group) is 1. The predicted molar refractivity (Wildman–Crippen MR) is 109 cm³/mol. The first-order valence-electron chi connectivity index (χ1n) is 10.3. The molecule has 1 spiro atoms. The molecule has 1 unspecified atom stereocenters. The minimum Gasteiger partial charge on any atom is -0.475 e. The van der Waals surface area contributed by atoms with Gasteiger partial charge in [-0.1, -0.05) is 18.2 Å². The predicted octanol–water partition coefficient (Wildman–Crippen LogP) is 3.63. The van der Waals surface area contributed by atoms with Gasteiger partial charge in [0, 0.05) is 44.5 Å². The van der Waals surface area contributed by atoms with E-state index in [1.165, 1.54) is 12.8 Å². The number of carboxylic acid groups (broad SMARTS) is 2. The fourth-order valence-corrected chi connectivity index (χ4v) is 3.92. The Hall–Kier alpha value is -2.45. The highest BCUT2D eigenvalue weighted by molar-refractivity contribution is 5.73. The molecule has 2 heterocycles. The Labute approximate surface area is 197 Å². The highest BCUT2D eigenvalue weighted by atomic mass is 19.4. The fourth-order valence-electron chi connectivity index (χ4n) is 3.92. The number of piperidine rings is 1. The van der Waals surface area contributed by atoms with Crippen molar-refractivity contribution in [3.8, 4) is 0 Å². The molecule has 0 bridgehead atoms. The topological polar surface area (TPSA) is 90.3 Å². The van der Waals surface area contributed by atoms with Crippen molar-refractivity contribution in [1.29, 1.82) is 0 Å². The highest BCUT2D eigenvalue weighted by Gasteiger charge is 2.49. The van der Waals surface area contributed by atoms with Crippen LogP contribution in [0, 0.1) is 11.7 Å². The molecule has 0 amide bonds. The van der Waals surface area contributed by atoms with Crippen molar-refractivity contribution in [1.82, 2.24) is 9.80 Å². The number of carbonyl (C=O) groups is 2. The number of hydrogen-bond donors (Lipinski definition) is 2. The van der Waals surface area contributed by atoms with Crippen molar-refractivity contribution in [2.75, 3.05) is 40.4 Å². The zero-order valence-electron chi connectivity index (χ0n) is 19.0. The zero-order chi connectivity index (χ0) is 27.0. The molecule has 7 nitrogen and oxygen atoms in total. The molecule has 3 rings (SSSR count). The molecular weight excluding hydrogens is 493 g/mol. The van der Waals surface area contributed by atoms with E-state index >= 15 is 0 Å². The third-order valence-corrected chi connectivity index (χ3v) is 5.63. The first-order valence-corrected chi connectivity index (χ1v) is 10.3.